The summed E-state index contributed by atoms with van der Waals surface area (Å²) in [6, 6.07) is 5.79. The van der Waals surface area contributed by atoms with E-state index in [1.165, 1.54) is 5.57 Å². The Morgan fingerprint density at radius 3 is 2.44 bits per heavy atom. The number of carbonyl (C=O) groups is 1. The van der Waals surface area contributed by atoms with E-state index in [1.54, 1.807) is 18.5 Å². The number of amides is 1. The average Bonchev–Trinajstić information content (AvgIpc) is 3.37. The average molecular weight is 490 g/mol. The minimum absolute atomic E-state index is 0.397. The predicted octanol–water partition coefficient (Wildman–Crippen LogP) is 7.96. The van der Waals surface area contributed by atoms with Gasteiger partial charge in [-0.3, -0.25) is 15.4 Å². The summed E-state index contributed by atoms with van der Waals surface area (Å²) in [4.78, 5) is 21.0. The van der Waals surface area contributed by atoms with E-state index >= 15 is 0 Å². The number of nitrogens with zero attached hydrogens (tertiary/aromatic N) is 3. The van der Waals surface area contributed by atoms with Crippen LogP contribution in [-0.4, -0.2) is 31.9 Å². The second-order valence-electron chi connectivity index (χ2n) is 9.16. The molecule has 3 aromatic rings. The van der Waals surface area contributed by atoms with Gasteiger partial charge in [-0.25, -0.2) is 9.78 Å². The summed E-state index contributed by atoms with van der Waals surface area (Å²) in [6.07, 6.45) is 10.0. The van der Waals surface area contributed by atoms with E-state index in [0.717, 1.165) is 45.3 Å². The first kappa shape index (κ1) is 28.5. The number of H-pyrrole nitrogens is 1. The number of ether oxygens (including phenoxy) is 1. The molecule has 2 N–H and O–H groups in total. The highest BCUT2D eigenvalue weighted by Crippen LogP contribution is 2.29. The molecule has 0 bridgehead atoms. The molecule has 3 heterocycles. The Kier molecular flexibility index (Phi) is 10.1. The second kappa shape index (κ2) is 12.8. The first-order valence-corrected chi connectivity index (χ1v) is 12.4. The smallest absolute Gasteiger partial charge is 0.413 e. The Morgan fingerprint density at radius 2 is 1.86 bits per heavy atom. The van der Waals surface area contributed by atoms with Gasteiger partial charge in [-0.15, -0.1) is 0 Å². The summed E-state index contributed by atoms with van der Waals surface area (Å²) in [5, 5.41) is 10.7. The number of anilines is 1. The summed E-state index contributed by atoms with van der Waals surface area (Å²) in [7, 11) is 0. The minimum Gasteiger partial charge on any atom is -0.444 e. The van der Waals surface area contributed by atoms with Crippen LogP contribution in [0.2, 0.25) is 0 Å². The summed E-state index contributed by atoms with van der Waals surface area (Å²) >= 11 is 0. The third kappa shape index (κ3) is 7.63. The number of carbonyl (C=O) groups excluding carboxylic acids is 1. The highest BCUT2D eigenvalue weighted by Gasteiger charge is 2.17. The lowest BCUT2D eigenvalue weighted by Crippen LogP contribution is -2.27. The van der Waals surface area contributed by atoms with Gasteiger partial charge in [-0.05, 0) is 82.9 Å². The van der Waals surface area contributed by atoms with Crippen LogP contribution in [0.1, 0.15) is 80.0 Å². The number of nitrogens with one attached hydrogen (secondary N) is 2. The van der Waals surface area contributed by atoms with Crippen LogP contribution in [0.5, 0.6) is 0 Å². The zero-order valence-corrected chi connectivity index (χ0v) is 23.0. The fraction of sp³-hybridized carbons (Fsp3) is 0.379. The van der Waals surface area contributed by atoms with Gasteiger partial charge in [0.1, 0.15) is 11.4 Å². The van der Waals surface area contributed by atoms with E-state index in [1.807, 2.05) is 53.8 Å². The molecule has 0 aliphatic carbocycles. The predicted molar refractivity (Wildman–Crippen MR) is 150 cm³/mol. The van der Waals surface area contributed by atoms with Crippen molar-refractivity contribution in [3.05, 3.63) is 71.3 Å². The highest BCUT2D eigenvalue weighted by molar-refractivity contribution is 5.91. The molecule has 36 heavy (non-hydrogen) atoms. The molecule has 0 fully saturated rings. The van der Waals surface area contributed by atoms with Gasteiger partial charge in [0.25, 0.3) is 0 Å². The SMILES string of the molecule is CC.C\C=C(/C(C)=C\C(=C(/C)CC)c1ccn[nH]1)c1cnc2cc(NC(=O)OC(C)(C)C)ncc2c1. The quantitative estimate of drug-likeness (QED) is 0.343. The zero-order chi connectivity index (χ0) is 26.9. The van der Waals surface area contributed by atoms with Crippen molar-refractivity contribution in [1.82, 2.24) is 20.2 Å². The lowest BCUT2D eigenvalue weighted by atomic mass is 9.94. The van der Waals surface area contributed by atoms with Crippen molar-refractivity contribution in [2.75, 3.05) is 5.32 Å². The molecule has 0 atom stereocenters. The molecule has 0 saturated carbocycles. The topological polar surface area (TPSA) is 92.8 Å². The van der Waals surface area contributed by atoms with Gasteiger partial charge in [0.2, 0.25) is 0 Å². The number of hydrogen-bond acceptors (Lipinski definition) is 5. The van der Waals surface area contributed by atoms with Crippen molar-refractivity contribution in [2.45, 2.75) is 74.3 Å². The maximum absolute atomic E-state index is 12.0. The molecule has 3 rings (SSSR count). The molecule has 0 aliphatic heterocycles. The van der Waals surface area contributed by atoms with Crippen molar-refractivity contribution >= 4 is 34.0 Å². The lowest BCUT2D eigenvalue weighted by molar-refractivity contribution is 0.0635. The second-order valence-corrected chi connectivity index (χ2v) is 9.16. The molecule has 192 valence electrons. The minimum atomic E-state index is -0.579. The number of pyridine rings is 2. The fourth-order valence-electron chi connectivity index (χ4n) is 3.59. The van der Waals surface area contributed by atoms with E-state index in [4.69, 9.17) is 4.74 Å². The van der Waals surface area contributed by atoms with E-state index < -0.39 is 11.7 Å². The normalized spacial score (nSPS) is 13.0. The molecular weight excluding hydrogens is 450 g/mol. The molecule has 0 unspecified atom stereocenters. The van der Waals surface area contributed by atoms with Crippen molar-refractivity contribution < 1.29 is 9.53 Å². The lowest BCUT2D eigenvalue weighted by Gasteiger charge is -2.19. The highest BCUT2D eigenvalue weighted by atomic mass is 16.6. The molecule has 0 aliphatic rings. The first-order chi connectivity index (χ1) is 17.1. The maximum atomic E-state index is 12.0. The third-order valence-electron chi connectivity index (χ3n) is 5.36. The molecule has 0 spiro atoms. The molecule has 0 radical (unpaired) electrons. The van der Waals surface area contributed by atoms with Crippen LogP contribution in [-0.2, 0) is 4.74 Å². The van der Waals surface area contributed by atoms with Gasteiger partial charge in [0.05, 0.1) is 11.2 Å². The van der Waals surface area contributed by atoms with Crippen LogP contribution >= 0.6 is 0 Å². The van der Waals surface area contributed by atoms with Crippen molar-refractivity contribution in [3.8, 4) is 0 Å². The van der Waals surface area contributed by atoms with E-state index in [2.05, 4.69) is 64.5 Å². The van der Waals surface area contributed by atoms with Gasteiger partial charge in [-0.1, -0.05) is 32.4 Å². The Labute approximate surface area is 214 Å². The third-order valence-corrected chi connectivity index (χ3v) is 5.36. The number of aromatic amines is 1. The molecule has 1 amide bonds. The number of aromatic nitrogens is 4. The number of hydrogen-bond donors (Lipinski definition) is 2. The molecular formula is C29H39N5O2. The monoisotopic (exact) mass is 489 g/mol. The molecule has 0 saturated heterocycles. The number of rotatable bonds is 6. The van der Waals surface area contributed by atoms with Gasteiger partial charge >= 0.3 is 6.09 Å². The zero-order valence-electron chi connectivity index (χ0n) is 23.0. The Morgan fingerprint density at radius 1 is 1.14 bits per heavy atom. The van der Waals surface area contributed by atoms with Crippen molar-refractivity contribution in [3.63, 3.8) is 0 Å². The number of allylic oxidation sites excluding steroid dienone is 6. The first-order valence-electron chi connectivity index (χ1n) is 12.4. The van der Waals surface area contributed by atoms with Crippen molar-refractivity contribution in [2.24, 2.45) is 0 Å². The molecule has 3 aromatic heterocycles. The number of fused-ring (bicyclic) bond motifs is 1. The van der Waals surface area contributed by atoms with Crippen LogP contribution in [0.4, 0.5) is 10.6 Å². The van der Waals surface area contributed by atoms with Gasteiger partial charge in [0, 0.05) is 35.6 Å². The maximum Gasteiger partial charge on any atom is 0.413 e. The summed E-state index contributed by atoms with van der Waals surface area (Å²) in [6.45, 7) is 17.9. The van der Waals surface area contributed by atoms with Gasteiger partial charge in [0.15, 0.2) is 0 Å². The Balaban J connectivity index is 0.00000222. The Bertz CT molecular complexity index is 1260. The molecule has 7 nitrogen and oxygen atoms in total. The summed E-state index contributed by atoms with van der Waals surface area (Å²) in [5.74, 6) is 0.397. The van der Waals surface area contributed by atoms with Crippen LogP contribution in [0.3, 0.4) is 0 Å². The standard InChI is InChI=1S/C27H33N5O2.C2H6/c1-8-17(3)22(23-10-11-30-32-23)12-18(4)21(9-2)19-13-20-16-29-25(14-24(20)28-15-19)31-26(33)34-27(5,6)7;1-2/h9-16H,8H2,1-7H3,(H,30,32)(H,29,31,33);1-2H3/b18-12-,21-9+,22-17-;. The van der Waals surface area contributed by atoms with Crippen LogP contribution < -0.4 is 5.32 Å². The largest absolute Gasteiger partial charge is 0.444 e. The summed E-state index contributed by atoms with van der Waals surface area (Å²) < 4.78 is 5.29. The van der Waals surface area contributed by atoms with Gasteiger partial charge in [-0.2, -0.15) is 5.10 Å². The summed E-state index contributed by atoms with van der Waals surface area (Å²) in [5.41, 5.74) is 6.79. The molecule has 0 aromatic carbocycles. The van der Waals surface area contributed by atoms with Crippen molar-refractivity contribution in [1.29, 1.82) is 0 Å². The van der Waals surface area contributed by atoms with E-state index in [9.17, 15) is 4.79 Å². The van der Waals surface area contributed by atoms with Crippen LogP contribution in [0, 0.1) is 0 Å². The molecule has 7 heteroatoms. The van der Waals surface area contributed by atoms with Gasteiger partial charge < -0.3 is 4.74 Å². The Hall–Kier alpha value is -3.74. The van der Waals surface area contributed by atoms with E-state index in [0.29, 0.717) is 5.82 Å². The van der Waals surface area contributed by atoms with Crippen LogP contribution in [0.25, 0.3) is 22.0 Å². The van der Waals surface area contributed by atoms with E-state index in [-0.39, 0.29) is 0 Å². The van der Waals surface area contributed by atoms with Crippen LogP contribution in [0.15, 0.2) is 60.1 Å². The fourth-order valence-corrected chi connectivity index (χ4v) is 3.59.